The molecule has 1 aliphatic heterocycles. The van der Waals surface area contributed by atoms with Gasteiger partial charge in [-0.1, -0.05) is 0 Å². The molecule has 24 heavy (non-hydrogen) atoms. The van der Waals surface area contributed by atoms with Gasteiger partial charge in [0, 0.05) is 0 Å². The topological polar surface area (TPSA) is 0 Å². The van der Waals surface area contributed by atoms with Gasteiger partial charge in [0.25, 0.3) is 0 Å². The van der Waals surface area contributed by atoms with E-state index >= 15 is 0 Å². The average molecular weight is 461 g/mol. The molecule has 0 nitrogen and oxygen atoms in total. The molecule has 0 spiro atoms. The summed E-state index contributed by atoms with van der Waals surface area (Å²) in [5, 5.41) is 3.84. The van der Waals surface area contributed by atoms with Gasteiger partial charge >= 0.3 is 150 Å². The molecule has 0 radical (unpaired) electrons. The van der Waals surface area contributed by atoms with Crippen molar-refractivity contribution in [3.8, 4) is 0 Å². The zero-order chi connectivity index (χ0) is 16.1. The molecule has 0 aromatic carbocycles. The largest absolute Gasteiger partial charge is 1.00 e. The van der Waals surface area contributed by atoms with Crippen molar-refractivity contribution >= 4 is 8.07 Å². The van der Waals surface area contributed by atoms with E-state index in [1.165, 1.54) is 37.8 Å². The Hall–Kier alpha value is 0.640. The van der Waals surface area contributed by atoms with Crippen LogP contribution in [0.15, 0.2) is 39.2 Å². The van der Waals surface area contributed by atoms with Gasteiger partial charge < -0.3 is 24.8 Å². The van der Waals surface area contributed by atoms with Crippen LogP contribution in [0.5, 0.6) is 0 Å². The van der Waals surface area contributed by atoms with Crippen molar-refractivity contribution in [2.24, 2.45) is 0 Å². The molecule has 0 saturated carbocycles. The first kappa shape index (κ1) is 22.7. The number of hydrogen-bond acceptors (Lipinski definition) is 0. The molecule has 4 bridgehead atoms. The van der Waals surface area contributed by atoms with Crippen LogP contribution in [0.4, 0.5) is 0 Å². The van der Waals surface area contributed by atoms with E-state index in [1.54, 1.807) is 22.3 Å². The average Bonchev–Trinajstić information content (AvgIpc) is 2.89. The van der Waals surface area contributed by atoms with Crippen LogP contribution < -0.4 is 24.8 Å². The third kappa shape index (κ3) is 3.30. The Kier molecular flexibility index (Phi) is 8.08. The van der Waals surface area contributed by atoms with E-state index < -0.39 is 31.3 Å². The summed E-state index contributed by atoms with van der Waals surface area (Å²) < 4.78 is 3.84. The first-order chi connectivity index (χ1) is 10.5. The van der Waals surface area contributed by atoms with Gasteiger partial charge in [-0.25, -0.2) is 0 Å². The van der Waals surface area contributed by atoms with Crippen molar-refractivity contribution < 1.29 is 48.0 Å². The Bertz CT molecular complexity index is 597. The van der Waals surface area contributed by atoms with Crippen LogP contribution in [0.25, 0.3) is 0 Å². The smallest absolute Gasteiger partial charge is 1.00 e. The molecule has 0 N–H and O–H groups in total. The summed E-state index contributed by atoms with van der Waals surface area (Å²) in [6.07, 6.45) is 5.40. The van der Waals surface area contributed by atoms with E-state index in [9.17, 15) is 0 Å². The standard InChI is InChI=1S/C20H30Si.2ClH.Zr/c1-7-13-21(14-8-2,19-15(3)9-10-16(19)4)20-17(5)11-12-18(20)6;;;/h7-9,11,13-14H2,1-6H3;2*1H;/q;;;+2/p-2. The van der Waals surface area contributed by atoms with Crippen molar-refractivity contribution in [3.63, 3.8) is 0 Å². The molecule has 3 rings (SSSR count). The first-order valence-electron chi connectivity index (χ1n) is 9.04. The van der Waals surface area contributed by atoms with Crippen LogP contribution >= 0.6 is 0 Å². The molecule has 2 aliphatic carbocycles. The molecule has 0 aromatic heterocycles. The summed E-state index contributed by atoms with van der Waals surface area (Å²) in [6.45, 7) is 14.7. The number of rotatable bonds is 4. The van der Waals surface area contributed by atoms with Crippen molar-refractivity contribution in [1.82, 2.24) is 0 Å². The van der Waals surface area contributed by atoms with Crippen LogP contribution in [0.1, 0.15) is 67.2 Å². The third-order valence-corrected chi connectivity index (χ3v) is 16.4. The van der Waals surface area contributed by atoms with E-state index in [4.69, 9.17) is 0 Å². The van der Waals surface area contributed by atoms with Crippen LogP contribution in [0, 0.1) is 0 Å². The Balaban J connectivity index is 0.00000144. The van der Waals surface area contributed by atoms with Gasteiger partial charge in [-0.05, 0) is 0 Å². The number of allylic oxidation sites excluding steroid dienone is 8. The molecule has 3 aliphatic rings. The molecule has 0 aromatic rings. The van der Waals surface area contributed by atoms with Gasteiger partial charge in [0.1, 0.15) is 0 Å². The second-order valence-electron chi connectivity index (χ2n) is 7.58. The fourth-order valence-corrected chi connectivity index (χ4v) is 17.1. The Labute approximate surface area is 173 Å². The maximum absolute atomic E-state index is 2.49. The van der Waals surface area contributed by atoms with Crippen molar-refractivity contribution in [3.05, 3.63) is 39.2 Å². The molecule has 0 amide bonds. The summed E-state index contributed by atoms with van der Waals surface area (Å²) in [5.74, 6) is 0. The van der Waals surface area contributed by atoms with E-state index in [0.717, 1.165) is 0 Å². The van der Waals surface area contributed by atoms with Crippen molar-refractivity contribution in [1.29, 1.82) is 0 Å². The summed E-state index contributed by atoms with van der Waals surface area (Å²) in [4.78, 5) is 0. The zero-order valence-electron chi connectivity index (χ0n) is 16.0. The maximum Gasteiger partial charge on any atom is -1.00 e. The molecule has 0 saturated heterocycles. The molecular weight excluding hydrogens is 430 g/mol. The predicted octanol–water partition coefficient (Wildman–Crippen LogP) is 0.426. The van der Waals surface area contributed by atoms with Gasteiger partial charge in [0.2, 0.25) is 0 Å². The molecule has 0 fully saturated rings. The molecular formula is C20H30Cl2SiZr. The minimum Gasteiger partial charge on any atom is -1.00 e. The van der Waals surface area contributed by atoms with Crippen LogP contribution in [0.3, 0.4) is 0 Å². The Morgan fingerprint density at radius 1 is 0.750 bits per heavy atom. The maximum atomic E-state index is 2.49. The molecule has 0 unspecified atom stereocenters. The summed E-state index contributed by atoms with van der Waals surface area (Å²) in [6, 6.07) is 2.95. The number of halogens is 2. The minimum absolute atomic E-state index is 0. The number of fused-ring (bicyclic) bond motifs is 2. The van der Waals surface area contributed by atoms with E-state index in [-0.39, 0.29) is 24.8 Å². The zero-order valence-corrected chi connectivity index (χ0v) is 21.0. The Morgan fingerprint density at radius 3 is 1.46 bits per heavy atom. The van der Waals surface area contributed by atoms with Crippen LogP contribution in [-0.2, 0) is 23.2 Å². The fraction of sp³-hybridized carbons (Fsp3) is 0.600. The van der Waals surface area contributed by atoms with Crippen LogP contribution in [-0.4, -0.2) is 8.07 Å². The fourth-order valence-electron chi connectivity index (χ4n) is 5.51. The second-order valence-corrected chi connectivity index (χ2v) is 15.3. The molecule has 0 atom stereocenters. The minimum atomic E-state index is -1.52. The monoisotopic (exact) mass is 458 g/mol. The van der Waals surface area contributed by atoms with Gasteiger partial charge in [-0.3, -0.25) is 0 Å². The van der Waals surface area contributed by atoms with Crippen LogP contribution in [0.2, 0.25) is 12.1 Å². The normalized spacial score (nSPS) is 21.1. The number of hydrogen-bond donors (Lipinski definition) is 0. The molecule has 132 valence electrons. The second kappa shape index (κ2) is 8.55. The van der Waals surface area contributed by atoms with Gasteiger partial charge in [0.05, 0.1) is 0 Å². The van der Waals surface area contributed by atoms with Gasteiger partial charge in [-0.2, -0.15) is 0 Å². The van der Waals surface area contributed by atoms with E-state index in [2.05, 4.69) is 41.5 Å². The van der Waals surface area contributed by atoms with Gasteiger partial charge in [-0.15, -0.1) is 0 Å². The predicted molar refractivity (Wildman–Crippen MR) is 96.0 cm³/mol. The van der Waals surface area contributed by atoms with Crippen molar-refractivity contribution in [2.45, 2.75) is 79.3 Å². The summed E-state index contributed by atoms with van der Waals surface area (Å²) in [7, 11) is -1.52. The quantitative estimate of drug-likeness (QED) is 0.534. The third-order valence-electron chi connectivity index (χ3n) is 6.01. The molecule has 1 heterocycles. The van der Waals surface area contributed by atoms with E-state index in [0.29, 0.717) is 0 Å². The summed E-state index contributed by atoms with van der Waals surface area (Å²) in [5.41, 5.74) is 7.11. The van der Waals surface area contributed by atoms with Gasteiger partial charge in [0.15, 0.2) is 0 Å². The molecule has 4 heteroatoms. The summed E-state index contributed by atoms with van der Waals surface area (Å²) >= 11 is -0.494. The van der Waals surface area contributed by atoms with E-state index in [1.807, 2.05) is 17.0 Å². The Morgan fingerprint density at radius 2 is 1.12 bits per heavy atom. The SMILES string of the molecule is CCC[Si]1(CCC)C2=C(C)C[C](=C2C)[Zr+2][C]2=C(C)C1=C(C)C2.[Cl-].[Cl-]. The first-order valence-corrected chi connectivity index (χ1v) is 13.9. The van der Waals surface area contributed by atoms with Crippen molar-refractivity contribution in [2.75, 3.05) is 0 Å².